The summed E-state index contributed by atoms with van der Waals surface area (Å²) in [5.74, 6) is 0. The number of rotatable bonds is 1. The standard InChI is InChI=1S/C10H10NO2/c12-7-8-3-1-5-10-9(8)4-2-6-11(10)13/h1,3,5,7H,2,4,6H2/q-1. The largest absolute Gasteiger partial charge is 0.758 e. The molecular formula is C10H10NO2-. The molecule has 0 unspecified atom stereocenters. The number of fused-ring (bicyclic) bond motifs is 1. The lowest BCUT2D eigenvalue weighted by Crippen LogP contribution is -2.23. The maximum atomic E-state index is 11.4. The average molecular weight is 176 g/mol. The smallest absolute Gasteiger partial charge is 0.150 e. The molecule has 1 heterocycles. The van der Waals surface area contributed by atoms with E-state index in [9.17, 15) is 10.0 Å². The summed E-state index contributed by atoms with van der Waals surface area (Å²) >= 11 is 0. The maximum absolute atomic E-state index is 11.4. The first-order chi connectivity index (χ1) is 6.33. The van der Waals surface area contributed by atoms with Crippen molar-refractivity contribution in [3.05, 3.63) is 34.5 Å². The Kier molecular flexibility index (Phi) is 2.02. The minimum Gasteiger partial charge on any atom is -0.758 e. The molecule has 1 aromatic rings. The van der Waals surface area contributed by atoms with Crippen LogP contribution in [0.5, 0.6) is 0 Å². The van der Waals surface area contributed by atoms with Crippen LogP contribution in [0.15, 0.2) is 18.2 Å². The van der Waals surface area contributed by atoms with Crippen molar-refractivity contribution in [2.24, 2.45) is 0 Å². The molecule has 0 spiro atoms. The van der Waals surface area contributed by atoms with Crippen LogP contribution in [0.1, 0.15) is 22.3 Å². The predicted octanol–water partition coefficient (Wildman–Crippen LogP) is 1.75. The zero-order valence-electron chi connectivity index (χ0n) is 7.19. The van der Waals surface area contributed by atoms with E-state index < -0.39 is 0 Å². The zero-order chi connectivity index (χ0) is 9.26. The molecule has 13 heavy (non-hydrogen) atoms. The van der Waals surface area contributed by atoms with Crippen LogP contribution in [0, 0.1) is 5.21 Å². The second kappa shape index (κ2) is 3.18. The topological polar surface area (TPSA) is 43.4 Å². The van der Waals surface area contributed by atoms with Crippen molar-refractivity contribution in [2.75, 3.05) is 11.6 Å². The molecule has 3 nitrogen and oxygen atoms in total. The van der Waals surface area contributed by atoms with Gasteiger partial charge in [0, 0.05) is 17.8 Å². The second-order valence-corrected chi connectivity index (χ2v) is 3.17. The molecule has 2 rings (SSSR count). The fourth-order valence-electron chi connectivity index (χ4n) is 1.73. The highest BCUT2D eigenvalue weighted by Gasteiger charge is 2.13. The molecule has 0 saturated carbocycles. The maximum Gasteiger partial charge on any atom is 0.150 e. The summed E-state index contributed by atoms with van der Waals surface area (Å²) < 4.78 is 0. The summed E-state index contributed by atoms with van der Waals surface area (Å²) in [6.07, 6.45) is 2.49. The van der Waals surface area contributed by atoms with Crippen LogP contribution in [-0.2, 0) is 6.42 Å². The van der Waals surface area contributed by atoms with E-state index in [-0.39, 0.29) is 0 Å². The molecule has 0 fully saturated rings. The van der Waals surface area contributed by atoms with Crippen molar-refractivity contribution in [2.45, 2.75) is 12.8 Å². The molecule has 1 aliphatic rings. The van der Waals surface area contributed by atoms with Gasteiger partial charge in [-0.3, -0.25) is 4.79 Å². The number of nitrogens with zero attached hydrogens (tertiary/aromatic N) is 1. The summed E-state index contributed by atoms with van der Waals surface area (Å²) in [5, 5.41) is 12.3. The summed E-state index contributed by atoms with van der Waals surface area (Å²) in [7, 11) is 0. The van der Waals surface area contributed by atoms with Crippen LogP contribution in [0.3, 0.4) is 0 Å². The first-order valence-electron chi connectivity index (χ1n) is 4.34. The van der Waals surface area contributed by atoms with Gasteiger partial charge >= 0.3 is 0 Å². The number of hydroxylamine groups is 1. The molecule has 0 N–H and O–H groups in total. The Morgan fingerprint density at radius 3 is 3.08 bits per heavy atom. The van der Waals surface area contributed by atoms with Gasteiger partial charge in [0.15, 0.2) is 0 Å². The van der Waals surface area contributed by atoms with Gasteiger partial charge in [-0.2, -0.15) is 0 Å². The predicted molar refractivity (Wildman–Crippen MR) is 50.9 cm³/mol. The number of carbonyl (C=O) groups excluding carboxylic acids is 1. The van der Waals surface area contributed by atoms with Crippen LogP contribution < -0.4 is 5.06 Å². The van der Waals surface area contributed by atoms with Gasteiger partial charge in [0.2, 0.25) is 0 Å². The van der Waals surface area contributed by atoms with E-state index in [0.717, 1.165) is 29.8 Å². The van der Waals surface area contributed by atoms with Gasteiger partial charge in [-0.15, -0.1) is 0 Å². The van der Waals surface area contributed by atoms with Crippen LogP contribution in [0.4, 0.5) is 5.69 Å². The Morgan fingerprint density at radius 2 is 2.31 bits per heavy atom. The molecule has 0 saturated heterocycles. The van der Waals surface area contributed by atoms with Crippen molar-refractivity contribution in [1.82, 2.24) is 0 Å². The third kappa shape index (κ3) is 1.31. The number of hydrogen-bond acceptors (Lipinski definition) is 3. The van der Waals surface area contributed by atoms with E-state index in [1.54, 1.807) is 18.2 Å². The average Bonchev–Trinajstić information content (AvgIpc) is 2.18. The number of anilines is 1. The number of hydrogen-bond donors (Lipinski definition) is 0. The number of carbonyl (C=O) groups is 1. The Labute approximate surface area is 76.6 Å². The molecule has 1 aliphatic heterocycles. The van der Waals surface area contributed by atoms with Crippen molar-refractivity contribution < 1.29 is 4.79 Å². The van der Waals surface area contributed by atoms with Gasteiger partial charge in [0.25, 0.3) is 0 Å². The Bertz CT molecular complexity index is 336. The lowest BCUT2D eigenvalue weighted by Gasteiger charge is -2.36. The fourth-order valence-corrected chi connectivity index (χ4v) is 1.73. The quantitative estimate of drug-likeness (QED) is 0.612. The van der Waals surface area contributed by atoms with E-state index in [4.69, 9.17) is 0 Å². The molecule has 0 radical (unpaired) electrons. The van der Waals surface area contributed by atoms with Gasteiger partial charge in [-0.25, -0.2) is 0 Å². The molecule has 0 amide bonds. The minimum atomic E-state index is 0.537. The molecule has 68 valence electrons. The summed E-state index contributed by atoms with van der Waals surface area (Å²) in [4.78, 5) is 10.7. The van der Waals surface area contributed by atoms with Crippen LogP contribution in [-0.4, -0.2) is 12.8 Å². The molecule has 0 bridgehead atoms. The second-order valence-electron chi connectivity index (χ2n) is 3.17. The first-order valence-corrected chi connectivity index (χ1v) is 4.34. The van der Waals surface area contributed by atoms with Gasteiger partial charge in [-0.05, 0) is 24.5 Å². The van der Waals surface area contributed by atoms with E-state index in [0.29, 0.717) is 17.8 Å². The fraction of sp³-hybridized carbons (Fsp3) is 0.300. The highest BCUT2D eigenvalue weighted by atomic mass is 16.5. The van der Waals surface area contributed by atoms with Crippen LogP contribution >= 0.6 is 0 Å². The monoisotopic (exact) mass is 176 g/mol. The van der Waals surface area contributed by atoms with Gasteiger partial charge in [0.1, 0.15) is 6.29 Å². The van der Waals surface area contributed by atoms with E-state index >= 15 is 0 Å². The first kappa shape index (κ1) is 8.26. The van der Waals surface area contributed by atoms with Crippen LogP contribution in [0.25, 0.3) is 0 Å². The summed E-state index contributed by atoms with van der Waals surface area (Å²) in [6.45, 7) is 0.537. The van der Waals surface area contributed by atoms with E-state index in [1.807, 2.05) is 0 Å². The van der Waals surface area contributed by atoms with Gasteiger partial charge in [0.05, 0.1) is 0 Å². The van der Waals surface area contributed by atoms with Gasteiger partial charge in [-0.1, -0.05) is 12.1 Å². The van der Waals surface area contributed by atoms with Crippen molar-refractivity contribution in [1.29, 1.82) is 0 Å². The number of aldehydes is 1. The number of benzene rings is 1. The third-order valence-electron chi connectivity index (χ3n) is 2.37. The van der Waals surface area contributed by atoms with Gasteiger partial charge < -0.3 is 10.3 Å². The SMILES string of the molecule is O=Cc1cccc2c1CCCN2[O-]. The Balaban J connectivity index is 2.54. The van der Waals surface area contributed by atoms with Crippen molar-refractivity contribution >= 4 is 12.0 Å². The van der Waals surface area contributed by atoms with Crippen LogP contribution in [0.2, 0.25) is 0 Å². The molecule has 1 aromatic carbocycles. The molecule has 0 aliphatic carbocycles. The summed E-state index contributed by atoms with van der Waals surface area (Å²) in [5.41, 5.74) is 2.22. The third-order valence-corrected chi connectivity index (χ3v) is 2.37. The normalized spacial score (nSPS) is 15.3. The zero-order valence-corrected chi connectivity index (χ0v) is 7.19. The van der Waals surface area contributed by atoms with E-state index in [2.05, 4.69) is 0 Å². The van der Waals surface area contributed by atoms with Crippen molar-refractivity contribution in [3.63, 3.8) is 0 Å². The molecule has 0 atom stereocenters. The Morgan fingerprint density at radius 1 is 1.46 bits per heavy atom. The van der Waals surface area contributed by atoms with E-state index in [1.165, 1.54) is 0 Å². The lowest BCUT2D eigenvalue weighted by molar-refractivity contribution is 0.112. The minimum absolute atomic E-state index is 0.537. The highest BCUT2D eigenvalue weighted by Crippen LogP contribution is 2.28. The summed E-state index contributed by atoms with van der Waals surface area (Å²) in [6, 6.07) is 5.28. The molecule has 3 heteroatoms. The lowest BCUT2D eigenvalue weighted by atomic mass is 9.98. The van der Waals surface area contributed by atoms with Crippen molar-refractivity contribution in [3.8, 4) is 0 Å². The highest BCUT2D eigenvalue weighted by molar-refractivity contribution is 5.81. The Hall–Kier alpha value is -1.35. The molecular weight excluding hydrogens is 166 g/mol. The molecule has 0 aromatic heterocycles.